The zero-order valence-electron chi connectivity index (χ0n) is 46.0. The van der Waals surface area contributed by atoms with E-state index < -0.39 is 0 Å². The first-order chi connectivity index (χ1) is 34.6. The molecule has 0 spiro atoms. The molecule has 0 heterocycles. The molecule has 0 saturated heterocycles. The standard InChI is InChI=1S/C34H62O4.C28H50O4/c1-2-3-4-5-6-7-8-9-10-12-15-18-21-24-27-30-34(36)38-32-29-26-23-20-17-14-11-13-16-19-22-25-28-31-37-33-35;1-2-3-4-5-6-7-8-9-10-11-12-13-15-18-21-24-28(30)32-26-23-20-17-14-16-19-22-25-31-27-29/h6-7,9-10,33H,2-5,8,11-32H2,1H3;6-7,9-10,27H,2-5,8,11-26H2,1H3/b2*7-6-,10-9-. The lowest BCUT2D eigenvalue weighted by atomic mass is 10.0. The van der Waals surface area contributed by atoms with Crippen molar-refractivity contribution in [2.24, 2.45) is 0 Å². The highest BCUT2D eigenvalue weighted by Crippen LogP contribution is 2.15. The van der Waals surface area contributed by atoms with Crippen LogP contribution in [0, 0.1) is 0 Å². The van der Waals surface area contributed by atoms with Gasteiger partial charge in [-0.2, -0.15) is 0 Å². The predicted octanol–water partition coefficient (Wildman–Crippen LogP) is 18.8. The summed E-state index contributed by atoms with van der Waals surface area (Å²) >= 11 is 0. The summed E-state index contributed by atoms with van der Waals surface area (Å²) in [5.41, 5.74) is 0. The minimum absolute atomic E-state index is 0.00928. The summed E-state index contributed by atoms with van der Waals surface area (Å²) in [7, 11) is 0. The molecule has 8 nitrogen and oxygen atoms in total. The van der Waals surface area contributed by atoms with E-state index in [9.17, 15) is 19.2 Å². The molecular weight excluding hydrogens is 873 g/mol. The van der Waals surface area contributed by atoms with E-state index in [1.807, 2.05) is 0 Å². The highest BCUT2D eigenvalue weighted by atomic mass is 16.5. The second-order valence-electron chi connectivity index (χ2n) is 19.4. The van der Waals surface area contributed by atoms with Gasteiger partial charge >= 0.3 is 11.9 Å². The zero-order valence-corrected chi connectivity index (χ0v) is 46.0. The molecule has 0 radical (unpaired) electrons. The smallest absolute Gasteiger partial charge is 0.305 e. The summed E-state index contributed by atoms with van der Waals surface area (Å²) in [5.74, 6) is -0.0455. The van der Waals surface area contributed by atoms with E-state index in [2.05, 4.69) is 67.2 Å². The van der Waals surface area contributed by atoms with Crippen LogP contribution in [0.15, 0.2) is 48.6 Å². The van der Waals surface area contributed by atoms with Gasteiger partial charge in [-0.05, 0) is 103 Å². The topological polar surface area (TPSA) is 105 Å². The number of hydrogen-bond acceptors (Lipinski definition) is 8. The van der Waals surface area contributed by atoms with Crippen molar-refractivity contribution in [2.45, 2.75) is 296 Å². The van der Waals surface area contributed by atoms with Crippen LogP contribution in [0.1, 0.15) is 296 Å². The van der Waals surface area contributed by atoms with E-state index in [0.29, 0.717) is 52.2 Å². The molecule has 0 fully saturated rings. The summed E-state index contributed by atoms with van der Waals surface area (Å²) in [6.07, 6.45) is 69.8. The Labute approximate surface area is 432 Å². The van der Waals surface area contributed by atoms with Gasteiger partial charge in [0.25, 0.3) is 12.9 Å². The zero-order chi connectivity index (χ0) is 51.0. The summed E-state index contributed by atoms with van der Waals surface area (Å²) in [6, 6.07) is 0. The van der Waals surface area contributed by atoms with Gasteiger partial charge in [0.1, 0.15) is 0 Å². The Balaban J connectivity index is 0. The third-order valence-electron chi connectivity index (χ3n) is 12.6. The van der Waals surface area contributed by atoms with Crippen LogP contribution in [0.5, 0.6) is 0 Å². The van der Waals surface area contributed by atoms with Crippen molar-refractivity contribution < 1.29 is 38.1 Å². The van der Waals surface area contributed by atoms with Crippen LogP contribution >= 0.6 is 0 Å². The maximum absolute atomic E-state index is 11.9. The number of rotatable bonds is 56. The second kappa shape index (κ2) is 65.8. The Morgan fingerprint density at radius 1 is 0.286 bits per heavy atom. The van der Waals surface area contributed by atoms with Gasteiger partial charge in [-0.1, -0.05) is 229 Å². The van der Waals surface area contributed by atoms with Crippen LogP contribution in [0.4, 0.5) is 0 Å². The molecule has 0 aromatic carbocycles. The fraction of sp³-hybridized carbons (Fsp3) is 0.806. The summed E-state index contributed by atoms with van der Waals surface area (Å²) in [5, 5.41) is 0. The lowest BCUT2D eigenvalue weighted by Gasteiger charge is -2.05. The number of carbonyl (C=O) groups excluding carboxylic acids is 4. The van der Waals surface area contributed by atoms with Crippen molar-refractivity contribution in [3.05, 3.63) is 48.6 Å². The van der Waals surface area contributed by atoms with Crippen molar-refractivity contribution in [3.63, 3.8) is 0 Å². The van der Waals surface area contributed by atoms with Crippen molar-refractivity contribution in [2.75, 3.05) is 26.4 Å². The van der Waals surface area contributed by atoms with Gasteiger partial charge in [0, 0.05) is 12.8 Å². The van der Waals surface area contributed by atoms with Gasteiger partial charge in [-0.15, -0.1) is 0 Å². The molecule has 408 valence electrons. The summed E-state index contributed by atoms with van der Waals surface area (Å²) in [4.78, 5) is 43.7. The van der Waals surface area contributed by atoms with Crippen LogP contribution in [-0.2, 0) is 38.1 Å². The first-order valence-electron chi connectivity index (χ1n) is 29.6. The van der Waals surface area contributed by atoms with Crippen LogP contribution in [0.2, 0.25) is 0 Å². The van der Waals surface area contributed by atoms with Crippen molar-refractivity contribution in [3.8, 4) is 0 Å². The average molecular weight is 986 g/mol. The third-order valence-corrected chi connectivity index (χ3v) is 12.6. The molecule has 0 saturated carbocycles. The van der Waals surface area contributed by atoms with Crippen molar-refractivity contribution in [1.82, 2.24) is 0 Å². The Bertz CT molecular complexity index is 1180. The van der Waals surface area contributed by atoms with Gasteiger partial charge in [0.2, 0.25) is 0 Å². The molecule has 0 rings (SSSR count). The summed E-state index contributed by atoms with van der Waals surface area (Å²) < 4.78 is 20.1. The average Bonchev–Trinajstić information content (AvgIpc) is 3.36. The largest absolute Gasteiger partial charge is 0.468 e. The Morgan fingerprint density at radius 3 is 0.814 bits per heavy atom. The fourth-order valence-corrected chi connectivity index (χ4v) is 8.18. The van der Waals surface area contributed by atoms with E-state index in [-0.39, 0.29) is 11.9 Å². The number of ether oxygens (including phenoxy) is 4. The number of unbranched alkanes of at least 4 members (excludes halogenated alkanes) is 34. The first kappa shape index (κ1) is 68.9. The van der Waals surface area contributed by atoms with E-state index in [4.69, 9.17) is 14.2 Å². The Morgan fingerprint density at radius 2 is 0.529 bits per heavy atom. The molecule has 0 unspecified atom stereocenters. The molecule has 70 heavy (non-hydrogen) atoms. The van der Waals surface area contributed by atoms with E-state index in [1.165, 1.54) is 193 Å². The minimum atomic E-state index is -0.0362. The minimum Gasteiger partial charge on any atom is -0.468 e. The first-order valence-corrected chi connectivity index (χ1v) is 29.6. The number of carbonyl (C=O) groups is 4. The lowest BCUT2D eigenvalue weighted by Crippen LogP contribution is -2.05. The number of allylic oxidation sites excluding steroid dienone is 8. The van der Waals surface area contributed by atoms with E-state index in [0.717, 1.165) is 77.0 Å². The Hall–Kier alpha value is -3.16. The van der Waals surface area contributed by atoms with Crippen LogP contribution in [-0.4, -0.2) is 51.3 Å². The quantitative estimate of drug-likeness (QED) is 0.0195. The lowest BCUT2D eigenvalue weighted by molar-refractivity contribution is -0.144. The van der Waals surface area contributed by atoms with Gasteiger partial charge in [0.05, 0.1) is 26.4 Å². The molecule has 0 aliphatic rings. The predicted molar refractivity (Wildman–Crippen MR) is 297 cm³/mol. The van der Waals surface area contributed by atoms with Crippen LogP contribution in [0.25, 0.3) is 0 Å². The molecule has 0 amide bonds. The van der Waals surface area contributed by atoms with Gasteiger partial charge in [-0.25, -0.2) is 0 Å². The Kier molecular flexibility index (Phi) is 64.8. The number of hydrogen-bond donors (Lipinski definition) is 0. The molecule has 0 atom stereocenters. The maximum atomic E-state index is 11.9. The molecule has 8 heteroatoms. The van der Waals surface area contributed by atoms with Crippen LogP contribution in [0.3, 0.4) is 0 Å². The maximum Gasteiger partial charge on any atom is 0.305 e. The molecule has 0 aromatic rings. The van der Waals surface area contributed by atoms with Crippen LogP contribution < -0.4 is 0 Å². The highest BCUT2D eigenvalue weighted by Gasteiger charge is 2.04. The van der Waals surface area contributed by atoms with Crippen molar-refractivity contribution in [1.29, 1.82) is 0 Å². The second-order valence-corrected chi connectivity index (χ2v) is 19.4. The molecule has 0 aliphatic heterocycles. The number of esters is 2. The van der Waals surface area contributed by atoms with Gasteiger partial charge < -0.3 is 18.9 Å². The molecule has 0 N–H and O–H groups in total. The molecule has 0 aromatic heterocycles. The third kappa shape index (κ3) is 66.9. The van der Waals surface area contributed by atoms with Gasteiger partial charge in [-0.3, -0.25) is 19.2 Å². The SMILES string of the molecule is CCCCC/C=C\C/C=C\CCCCCCCC(=O)OCCCCCCCCCCCCCCCOC=O.CCCCC/C=C\C/C=C\CCCCCCCC(=O)OCCCCCCCCCOC=O. The molecule has 0 bridgehead atoms. The fourth-order valence-electron chi connectivity index (χ4n) is 8.18. The van der Waals surface area contributed by atoms with Gasteiger partial charge in [0.15, 0.2) is 0 Å². The normalized spacial score (nSPS) is 11.5. The van der Waals surface area contributed by atoms with Crippen molar-refractivity contribution >= 4 is 24.9 Å². The van der Waals surface area contributed by atoms with E-state index in [1.54, 1.807) is 0 Å². The molecular formula is C62H112O8. The molecule has 0 aliphatic carbocycles. The monoisotopic (exact) mass is 985 g/mol. The summed E-state index contributed by atoms with van der Waals surface area (Å²) in [6.45, 7) is 7.81. The van der Waals surface area contributed by atoms with E-state index >= 15 is 0 Å². The highest BCUT2D eigenvalue weighted by molar-refractivity contribution is 5.69.